The number of rotatable bonds is 3. The number of benzene rings is 1. The molecule has 3 aromatic rings. The van der Waals surface area contributed by atoms with Gasteiger partial charge in [0.2, 0.25) is 0 Å². The van der Waals surface area contributed by atoms with Crippen LogP contribution in [0, 0.1) is 5.92 Å². The lowest BCUT2D eigenvalue weighted by Gasteiger charge is -2.24. The molecule has 0 radical (unpaired) electrons. The van der Waals surface area contributed by atoms with Crippen molar-refractivity contribution in [2.24, 2.45) is 5.92 Å². The summed E-state index contributed by atoms with van der Waals surface area (Å²) in [5.41, 5.74) is 1.12. The summed E-state index contributed by atoms with van der Waals surface area (Å²) in [6.45, 7) is 1.31. The van der Waals surface area contributed by atoms with E-state index in [1.807, 2.05) is 35.2 Å². The first-order valence-corrected chi connectivity index (χ1v) is 9.21. The molecule has 2 aliphatic rings. The molecular formula is C20H19N5O2. The molecule has 0 bridgehead atoms. The molecule has 2 fully saturated rings. The Morgan fingerprint density at radius 2 is 2.11 bits per heavy atom. The van der Waals surface area contributed by atoms with Gasteiger partial charge in [0.1, 0.15) is 12.0 Å². The van der Waals surface area contributed by atoms with E-state index in [1.165, 1.54) is 6.33 Å². The lowest BCUT2D eigenvalue weighted by molar-refractivity contribution is 0.0771. The molecule has 0 spiro atoms. The Morgan fingerprint density at radius 3 is 2.93 bits per heavy atom. The van der Waals surface area contributed by atoms with Crippen LogP contribution in [0.1, 0.15) is 35.6 Å². The molecule has 136 valence electrons. The number of likely N-dealkylation sites (tertiary alicyclic amines) is 1. The molecule has 0 unspecified atom stereocenters. The monoisotopic (exact) mass is 361 g/mol. The minimum absolute atomic E-state index is 0.0575. The third-order valence-electron chi connectivity index (χ3n) is 5.85. The molecular weight excluding hydrogens is 342 g/mol. The molecule has 1 amide bonds. The molecule has 1 aromatic carbocycles. The number of aromatic nitrogens is 4. The zero-order valence-corrected chi connectivity index (χ0v) is 14.8. The SMILES string of the molecule is O=C(c1ccncn1)N1C[C@H]2CCC[C@@]2(c2noc(-c3ccccc3)n2)C1. The van der Waals surface area contributed by atoms with Gasteiger partial charge in [0.25, 0.3) is 11.8 Å². The van der Waals surface area contributed by atoms with Gasteiger partial charge in [0, 0.05) is 24.8 Å². The van der Waals surface area contributed by atoms with Crippen LogP contribution in [0.25, 0.3) is 11.5 Å². The van der Waals surface area contributed by atoms with E-state index in [9.17, 15) is 4.79 Å². The molecule has 1 saturated carbocycles. The van der Waals surface area contributed by atoms with Crippen LogP contribution in [-0.2, 0) is 5.41 Å². The third kappa shape index (κ3) is 2.61. The molecule has 1 aliphatic heterocycles. The number of carbonyl (C=O) groups excluding carboxylic acids is 1. The topological polar surface area (TPSA) is 85.0 Å². The Morgan fingerprint density at radius 1 is 1.22 bits per heavy atom. The first-order valence-electron chi connectivity index (χ1n) is 9.21. The van der Waals surface area contributed by atoms with Crippen LogP contribution < -0.4 is 0 Å². The van der Waals surface area contributed by atoms with Crippen molar-refractivity contribution < 1.29 is 9.32 Å². The fraction of sp³-hybridized carbons (Fsp3) is 0.350. The quantitative estimate of drug-likeness (QED) is 0.713. The van der Waals surface area contributed by atoms with Gasteiger partial charge in [-0.15, -0.1) is 0 Å². The van der Waals surface area contributed by atoms with Crippen LogP contribution in [-0.4, -0.2) is 44.0 Å². The van der Waals surface area contributed by atoms with E-state index < -0.39 is 0 Å². The van der Waals surface area contributed by atoms with E-state index in [1.54, 1.807) is 12.3 Å². The average molecular weight is 361 g/mol. The molecule has 3 heterocycles. The minimum Gasteiger partial charge on any atom is -0.336 e. The van der Waals surface area contributed by atoms with E-state index in [0.717, 1.165) is 30.7 Å². The molecule has 27 heavy (non-hydrogen) atoms. The normalized spacial score (nSPS) is 24.1. The Hall–Kier alpha value is -3.09. The summed E-state index contributed by atoms with van der Waals surface area (Å²) < 4.78 is 5.56. The van der Waals surface area contributed by atoms with Crippen molar-refractivity contribution in [3.63, 3.8) is 0 Å². The van der Waals surface area contributed by atoms with Crippen molar-refractivity contribution in [3.8, 4) is 11.5 Å². The number of amides is 1. The fourth-order valence-corrected chi connectivity index (χ4v) is 4.51. The highest BCUT2D eigenvalue weighted by Gasteiger charge is 2.54. The van der Waals surface area contributed by atoms with Crippen LogP contribution >= 0.6 is 0 Å². The van der Waals surface area contributed by atoms with E-state index in [-0.39, 0.29) is 11.3 Å². The number of hydrogen-bond donors (Lipinski definition) is 0. The van der Waals surface area contributed by atoms with Gasteiger partial charge in [0.15, 0.2) is 5.82 Å². The molecule has 7 heteroatoms. The van der Waals surface area contributed by atoms with E-state index in [0.29, 0.717) is 30.6 Å². The molecule has 1 aliphatic carbocycles. The van der Waals surface area contributed by atoms with E-state index >= 15 is 0 Å². The highest BCUT2D eigenvalue weighted by Crippen LogP contribution is 2.49. The maximum Gasteiger partial charge on any atom is 0.272 e. The predicted octanol–water partition coefficient (Wildman–Crippen LogP) is 2.72. The first kappa shape index (κ1) is 16.1. The van der Waals surface area contributed by atoms with Crippen LogP contribution in [0.2, 0.25) is 0 Å². The van der Waals surface area contributed by atoms with Crippen molar-refractivity contribution >= 4 is 5.91 Å². The molecule has 1 saturated heterocycles. The van der Waals surface area contributed by atoms with Gasteiger partial charge < -0.3 is 9.42 Å². The standard InChI is InChI=1S/C20H19N5O2/c26-18(16-8-10-21-13-22-16)25-11-15-7-4-9-20(15,12-25)19-23-17(27-24-19)14-5-2-1-3-6-14/h1-3,5-6,8,10,13,15H,4,7,9,11-12H2/t15-,20-/m1/s1. The van der Waals surface area contributed by atoms with Crippen molar-refractivity contribution in [3.05, 3.63) is 60.4 Å². The van der Waals surface area contributed by atoms with Crippen molar-refractivity contribution in [1.29, 1.82) is 0 Å². The zero-order chi connectivity index (χ0) is 18.3. The Balaban J connectivity index is 1.45. The Labute approximate surface area is 156 Å². The van der Waals surface area contributed by atoms with Gasteiger partial charge in [-0.1, -0.05) is 29.8 Å². The van der Waals surface area contributed by atoms with Gasteiger partial charge in [-0.05, 0) is 37.0 Å². The van der Waals surface area contributed by atoms with Crippen molar-refractivity contribution in [2.45, 2.75) is 24.7 Å². The summed E-state index contributed by atoms with van der Waals surface area (Å²) in [7, 11) is 0. The molecule has 0 N–H and O–H groups in total. The van der Waals surface area contributed by atoms with E-state index in [2.05, 4.69) is 15.1 Å². The van der Waals surface area contributed by atoms with Gasteiger partial charge in [-0.2, -0.15) is 4.98 Å². The van der Waals surface area contributed by atoms with E-state index in [4.69, 9.17) is 9.51 Å². The minimum atomic E-state index is -0.223. The second-order valence-corrected chi connectivity index (χ2v) is 7.31. The van der Waals surface area contributed by atoms with Crippen LogP contribution in [0.5, 0.6) is 0 Å². The molecule has 2 atom stereocenters. The maximum absolute atomic E-state index is 12.8. The number of nitrogens with zero attached hydrogens (tertiary/aromatic N) is 5. The average Bonchev–Trinajstić information content (AvgIpc) is 3.43. The highest BCUT2D eigenvalue weighted by atomic mass is 16.5. The number of carbonyl (C=O) groups is 1. The predicted molar refractivity (Wildman–Crippen MR) is 96.7 cm³/mol. The summed E-state index contributed by atoms with van der Waals surface area (Å²) in [6.07, 6.45) is 6.17. The number of fused-ring (bicyclic) bond motifs is 1. The second kappa shape index (κ2) is 6.26. The third-order valence-corrected chi connectivity index (χ3v) is 5.85. The van der Waals surface area contributed by atoms with Crippen molar-refractivity contribution in [2.75, 3.05) is 13.1 Å². The largest absolute Gasteiger partial charge is 0.336 e. The summed E-state index contributed by atoms with van der Waals surface area (Å²) in [6, 6.07) is 11.4. The van der Waals surface area contributed by atoms with Gasteiger partial charge >= 0.3 is 0 Å². The summed E-state index contributed by atoms with van der Waals surface area (Å²) in [4.78, 5) is 27.4. The number of hydrogen-bond acceptors (Lipinski definition) is 6. The van der Waals surface area contributed by atoms with Gasteiger partial charge in [-0.3, -0.25) is 4.79 Å². The molecule has 5 rings (SSSR count). The second-order valence-electron chi connectivity index (χ2n) is 7.31. The lowest BCUT2D eigenvalue weighted by Crippen LogP contribution is -2.35. The first-order chi connectivity index (χ1) is 13.3. The summed E-state index contributed by atoms with van der Waals surface area (Å²) in [5, 5.41) is 4.32. The van der Waals surface area contributed by atoms with Gasteiger partial charge in [-0.25, -0.2) is 9.97 Å². The van der Waals surface area contributed by atoms with Crippen LogP contribution in [0.15, 0.2) is 53.4 Å². The van der Waals surface area contributed by atoms with Crippen LogP contribution in [0.4, 0.5) is 0 Å². The molecule has 2 aromatic heterocycles. The lowest BCUT2D eigenvalue weighted by atomic mass is 9.80. The molecule has 7 nitrogen and oxygen atoms in total. The zero-order valence-electron chi connectivity index (χ0n) is 14.8. The summed E-state index contributed by atoms with van der Waals surface area (Å²) in [5.74, 6) is 1.55. The van der Waals surface area contributed by atoms with Crippen LogP contribution in [0.3, 0.4) is 0 Å². The van der Waals surface area contributed by atoms with Crippen molar-refractivity contribution in [1.82, 2.24) is 25.0 Å². The van der Waals surface area contributed by atoms with Gasteiger partial charge in [0.05, 0.1) is 5.41 Å². The smallest absolute Gasteiger partial charge is 0.272 e. The maximum atomic E-state index is 12.8. The Kier molecular flexibility index (Phi) is 3.74. The summed E-state index contributed by atoms with van der Waals surface area (Å²) >= 11 is 0. The Bertz CT molecular complexity index is 959. The highest BCUT2D eigenvalue weighted by molar-refractivity contribution is 5.92. The fourth-order valence-electron chi connectivity index (χ4n) is 4.51.